The smallest absolute Gasteiger partial charge is 0.226 e. The molecule has 0 aliphatic carbocycles. The van der Waals surface area contributed by atoms with Gasteiger partial charge >= 0.3 is 0 Å². The summed E-state index contributed by atoms with van der Waals surface area (Å²) in [5.74, 6) is 2.30. The monoisotopic (exact) mass is 214 g/mol. The molecule has 1 saturated heterocycles. The second kappa shape index (κ2) is 4.84. The molecule has 1 atom stereocenters. The molecule has 1 fully saturated rings. The molecule has 0 bridgehead atoms. The molecule has 0 aromatic heterocycles. The van der Waals surface area contributed by atoms with Crippen LogP contribution < -0.4 is 0 Å². The number of thioether (sulfide) groups is 1. The molecule has 3 nitrogen and oxygen atoms in total. The maximum absolute atomic E-state index is 11.8. The van der Waals surface area contributed by atoms with Crippen molar-refractivity contribution in [3.05, 3.63) is 11.8 Å². The highest BCUT2D eigenvalue weighted by atomic mass is 32.2. The van der Waals surface area contributed by atoms with Crippen LogP contribution in [0.4, 0.5) is 0 Å². The molecule has 14 heavy (non-hydrogen) atoms. The average molecular weight is 214 g/mol. The largest absolute Gasteiger partial charge is 0.490 e. The van der Waals surface area contributed by atoms with Crippen molar-refractivity contribution in [1.29, 1.82) is 0 Å². The predicted octanol–water partition coefficient (Wildman–Crippen LogP) is 1.38. The Morgan fingerprint density at radius 1 is 1.50 bits per heavy atom. The summed E-state index contributed by atoms with van der Waals surface area (Å²) in [4.78, 5) is 11.8. The summed E-state index contributed by atoms with van der Waals surface area (Å²) >= 11 is 1.77. The highest BCUT2D eigenvalue weighted by molar-refractivity contribution is 7.99. The zero-order valence-corrected chi connectivity index (χ0v) is 8.85. The number of carbonyl (C=O) groups excluding carboxylic acids is 1. The molecule has 78 valence electrons. The van der Waals surface area contributed by atoms with Gasteiger partial charge in [0.1, 0.15) is 6.10 Å². The molecular weight excluding hydrogens is 200 g/mol. The summed E-state index contributed by atoms with van der Waals surface area (Å²) in [6.07, 6.45) is 3.56. The van der Waals surface area contributed by atoms with E-state index < -0.39 is 0 Å². The van der Waals surface area contributed by atoms with Gasteiger partial charge in [0, 0.05) is 11.5 Å². The van der Waals surface area contributed by atoms with E-state index in [9.17, 15) is 4.79 Å². The van der Waals surface area contributed by atoms with E-state index in [4.69, 9.17) is 9.47 Å². The second-order valence-corrected chi connectivity index (χ2v) is 4.51. The molecule has 0 radical (unpaired) electrons. The van der Waals surface area contributed by atoms with Gasteiger partial charge in [-0.05, 0) is 18.9 Å². The van der Waals surface area contributed by atoms with Crippen molar-refractivity contribution in [2.75, 3.05) is 24.7 Å². The van der Waals surface area contributed by atoms with E-state index in [1.807, 2.05) is 6.08 Å². The zero-order chi connectivity index (χ0) is 9.80. The van der Waals surface area contributed by atoms with E-state index in [1.165, 1.54) is 0 Å². The van der Waals surface area contributed by atoms with Gasteiger partial charge in [-0.3, -0.25) is 4.79 Å². The van der Waals surface area contributed by atoms with E-state index in [2.05, 4.69) is 0 Å². The highest BCUT2D eigenvalue weighted by Gasteiger charge is 2.27. The minimum Gasteiger partial charge on any atom is -0.490 e. The van der Waals surface area contributed by atoms with Crippen LogP contribution in [0.15, 0.2) is 11.8 Å². The number of hydrogen-bond donors (Lipinski definition) is 0. The molecule has 0 aromatic rings. The molecule has 0 N–H and O–H groups in total. The summed E-state index contributed by atoms with van der Waals surface area (Å²) in [7, 11) is 0. The fourth-order valence-electron chi connectivity index (χ4n) is 1.53. The van der Waals surface area contributed by atoms with Crippen molar-refractivity contribution in [2.45, 2.75) is 18.9 Å². The molecule has 2 heterocycles. The summed E-state index contributed by atoms with van der Waals surface area (Å²) in [6.45, 7) is 1.34. The zero-order valence-electron chi connectivity index (χ0n) is 8.03. The van der Waals surface area contributed by atoms with E-state index in [0.29, 0.717) is 19.0 Å². The van der Waals surface area contributed by atoms with Crippen molar-refractivity contribution in [1.82, 2.24) is 0 Å². The van der Waals surface area contributed by atoms with Crippen LogP contribution in [0.5, 0.6) is 0 Å². The summed E-state index contributed by atoms with van der Waals surface area (Å²) in [6, 6.07) is 0. The van der Waals surface area contributed by atoms with Crippen LogP contribution in [0, 0.1) is 0 Å². The quantitative estimate of drug-likeness (QED) is 0.695. The standard InChI is InChI=1S/C10H14O3S/c11-10(8-3-1-2-4-12-8)9-7-14-6-5-13-9/h3,9H,1-2,4-7H2. The third kappa shape index (κ3) is 2.30. The Hall–Kier alpha value is -0.480. The molecule has 0 saturated carbocycles. The highest BCUT2D eigenvalue weighted by Crippen LogP contribution is 2.19. The minimum atomic E-state index is -0.280. The van der Waals surface area contributed by atoms with Crippen LogP contribution in [0.3, 0.4) is 0 Å². The van der Waals surface area contributed by atoms with Crippen LogP contribution in [0.2, 0.25) is 0 Å². The molecule has 0 spiro atoms. The lowest BCUT2D eigenvalue weighted by Crippen LogP contribution is -2.33. The summed E-state index contributed by atoms with van der Waals surface area (Å²) in [5, 5.41) is 0. The molecular formula is C10H14O3S. The molecule has 4 heteroatoms. The predicted molar refractivity (Wildman–Crippen MR) is 55.3 cm³/mol. The normalized spacial score (nSPS) is 27.7. The van der Waals surface area contributed by atoms with Gasteiger partial charge in [-0.2, -0.15) is 11.8 Å². The van der Waals surface area contributed by atoms with Crippen molar-refractivity contribution < 1.29 is 14.3 Å². The Balaban J connectivity index is 1.95. The molecule has 0 amide bonds. The summed E-state index contributed by atoms with van der Waals surface area (Å²) < 4.78 is 10.7. The fraction of sp³-hybridized carbons (Fsp3) is 0.700. The van der Waals surface area contributed by atoms with Gasteiger partial charge in [-0.1, -0.05) is 0 Å². The average Bonchev–Trinajstić information content (AvgIpc) is 2.30. The minimum absolute atomic E-state index is 0.0249. The van der Waals surface area contributed by atoms with Crippen LogP contribution in [-0.4, -0.2) is 36.6 Å². The van der Waals surface area contributed by atoms with Crippen molar-refractivity contribution in [3.8, 4) is 0 Å². The van der Waals surface area contributed by atoms with Gasteiger partial charge in [-0.25, -0.2) is 0 Å². The Labute approximate surface area is 87.8 Å². The van der Waals surface area contributed by atoms with Gasteiger partial charge in [0.2, 0.25) is 5.78 Å². The fourth-order valence-corrected chi connectivity index (χ4v) is 2.37. The third-order valence-corrected chi connectivity index (χ3v) is 3.28. The van der Waals surface area contributed by atoms with Gasteiger partial charge in [-0.15, -0.1) is 0 Å². The number of carbonyl (C=O) groups is 1. The van der Waals surface area contributed by atoms with Gasteiger partial charge < -0.3 is 9.47 Å². The van der Waals surface area contributed by atoms with E-state index in [1.54, 1.807) is 11.8 Å². The van der Waals surface area contributed by atoms with Crippen molar-refractivity contribution in [3.63, 3.8) is 0 Å². The number of Topliss-reactive ketones (excluding diaryl/α,β-unsaturated/α-hetero) is 1. The number of allylic oxidation sites excluding steroid dienone is 1. The van der Waals surface area contributed by atoms with Crippen LogP contribution >= 0.6 is 11.8 Å². The lowest BCUT2D eigenvalue weighted by atomic mass is 10.1. The topological polar surface area (TPSA) is 35.5 Å². The van der Waals surface area contributed by atoms with Crippen molar-refractivity contribution in [2.24, 2.45) is 0 Å². The maximum Gasteiger partial charge on any atom is 0.226 e. The Kier molecular flexibility index (Phi) is 3.48. The first kappa shape index (κ1) is 10.1. The maximum atomic E-state index is 11.8. The van der Waals surface area contributed by atoms with Gasteiger partial charge in [0.15, 0.2) is 5.76 Å². The van der Waals surface area contributed by atoms with E-state index in [0.717, 1.165) is 24.3 Å². The number of ketones is 1. The van der Waals surface area contributed by atoms with Gasteiger partial charge in [0.25, 0.3) is 0 Å². The Morgan fingerprint density at radius 2 is 2.43 bits per heavy atom. The van der Waals surface area contributed by atoms with E-state index in [-0.39, 0.29) is 11.9 Å². The molecule has 1 unspecified atom stereocenters. The first-order valence-electron chi connectivity index (χ1n) is 4.94. The number of ether oxygens (including phenoxy) is 2. The van der Waals surface area contributed by atoms with Crippen LogP contribution in [0.1, 0.15) is 12.8 Å². The molecule has 0 aromatic carbocycles. The second-order valence-electron chi connectivity index (χ2n) is 3.36. The summed E-state index contributed by atoms with van der Waals surface area (Å²) in [5.41, 5.74) is 0. The molecule has 2 aliphatic rings. The lowest BCUT2D eigenvalue weighted by Gasteiger charge is -2.23. The van der Waals surface area contributed by atoms with Crippen LogP contribution in [0.25, 0.3) is 0 Å². The SMILES string of the molecule is O=C(C1=CCCCO1)C1CSCCO1. The Morgan fingerprint density at radius 3 is 3.07 bits per heavy atom. The van der Waals surface area contributed by atoms with Crippen molar-refractivity contribution >= 4 is 17.5 Å². The number of hydrogen-bond acceptors (Lipinski definition) is 4. The third-order valence-electron chi connectivity index (χ3n) is 2.29. The first-order valence-corrected chi connectivity index (χ1v) is 6.10. The first-order chi connectivity index (χ1) is 6.88. The Bertz CT molecular complexity index is 244. The molecule has 2 rings (SSSR count). The lowest BCUT2D eigenvalue weighted by molar-refractivity contribution is -0.129. The van der Waals surface area contributed by atoms with E-state index >= 15 is 0 Å². The molecule has 2 aliphatic heterocycles. The van der Waals surface area contributed by atoms with Gasteiger partial charge in [0.05, 0.1) is 13.2 Å². The van der Waals surface area contributed by atoms with Crippen LogP contribution in [-0.2, 0) is 14.3 Å². The number of rotatable bonds is 2.